The van der Waals surface area contributed by atoms with Gasteiger partial charge in [-0.1, -0.05) is 11.6 Å². The van der Waals surface area contributed by atoms with Gasteiger partial charge in [0.05, 0.1) is 28.0 Å². The van der Waals surface area contributed by atoms with Gasteiger partial charge in [-0.15, -0.1) is 0 Å². The van der Waals surface area contributed by atoms with Crippen molar-refractivity contribution in [3.63, 3.8) is 0 Å². The van der Waals surface area contributed by atoms with Gasteiger partial charge in [0.15, 0.2) is 0 Å². The van der Waals surface area contributed by atoms with Crippen molar-refractivity contribution in [2.24, 2.45) is 0 Å². The SMILES string of the molecule is FC(F)(F)c1ccc(-n2ccc3ccncc32)c(Cl)c1. The summed E-state index contributed by atoms with van der Waals surface area (Å²) in [6, 6.07) is 6.98. The van der Waals surface area contributed by atoms with Crippen LogP contribution in [0.1, 0.15) is 5.56 Å². The van der Waals surface area contributed by atoms with Gasteiger partial charge in [-0.05, 0) is 30.3 Å². The van der Waals surface area contributed by atoms with Crippen molar-refractivity contribution in [3.05, 3.63) is 59.5 Å². The minimum atomic E-state index is -4.40. The molecule has 0 N–H and O–H groups in total. The average molecular weight is 297 g/mol. The van der Waals surface area contributed by atoms with Crippen LogP contribution in [0.25, 0.3) is 16.6 Å². The van der Waals surface area contributed by atoms with E-state index in [4.69, 9.17) is 11.6 Å². The number of rotatable bonds is 1. The van der Waals surface area contributed by atoms with E-state index in [-0.39, 0.29) is 5.02 Å². The lowest BCUT2D eigenvalue weighted by Gasteiger charge is -2.11. The van der Waals surface area contributed by atoms with Crippen LogP contribution < -0.4 is 0 Å². The Balaban J connectivity index is 2.16. The van der Waals surface area contributed by atoms with Crippen LogP contribution >= 0.6 is 11.6 Å². The Morgan fingerprint density at radius 1 is 1.10 bits per heavy atom. The lowest BCUT2D eigenvalue weighted by atomic mass is 10.2. The number of aromatic nitrogens is 2. The molecule has 0 fully saturated rings. The highest BCUT2D eigenvalue weighted by Crippen LogP contribution is 2.34. The lowest BCUT2D eigenvalue weighted by molar-refractivity contribution is -0.137. The van der Waals surface area contributed by atoms with Crippen molar-refractivity contribution in [2.45, 2.75) is 6.18 Å². The van der Waals surface area contributed by atoms with Crippen molar-refractivity contribution < 1.29 is 13.2 Å². The molecular formula is C14H8ClF3N2. The first kappa shape index (κ1) is 13.0. The monoisotopic (exact) mass is 296 g/mol. The number of hydrogen-bond donors (Lipinski definition) is 0. The zero-order chi connectivity index (χ0) is 14.3. The second-order valence-corrected chi connectivity index (χ2v) is 4.69. The van der Waals surface area contributed by atoms with E-state index >= 15 is 0 Å². The van der Waals surface area contributed by atoms with Crippen LogP contribution in [-0.2, 0) is 6.18 Å². The summed E-state index contributed by atoms with van der Waals surface area (Å²) in [4.78, 5) is 4.01. The van der Waals surface area contributed by atoms with Crippen LogP contribution in [-0.4, -0.2) is 9.55 Å². The van der Waals surface area contributed by atoms with Gasteiger partial charge in [-0.25, -0.2) is 0 Å². The van der Waals surface area contributed by atoms with Gasteiger partial charge in [0.2, 0.25) is 0 Å². The van der Waals surface area contributed by atoms with Crippen LogP contribution in [0.2, 0.25) is 5.02 Å². The van der Waals surface area contributed by atoms with Crippen molar-refractivity contribution in [1.82, 2.24) is 9.55 Å². The van der Waals surface area contributed by atoms with E-state index in [1.807, 2.05) is 12.1 Å². The molecule has 0 aliphatic carbocycles. The van der Waals surface area contributed by atoms with Crippen molar-refractivity contribution in [3.8, 4) is 5.69 Å². The molecule has 2 aromatic heterocycles. The van der Waals surface area contributed by atoms with Gasteiger partial charge in [0, 0.05) is 17.8 Å². The first-order valence-electron chi connectivity index (χ1n) is 5.75. The van der Waals surface area contributed by atoms with Crippen molar-refractivity contribution in [1.29, 1.82) is 0 Å². The fourth-order valence-electron chi connectivity index (χ4n) is 2.06. The summed E-state index contributed by atoms with van der Waals surface area (Å²) in [7, 11) is 0. The quantitative estimate of drug-likeness (QED) is 0.636. The molecule has 2 heterocycles. The highest BCUT2D eigenvalue weighted by atomic mass is 35.5. The number of hydrogen-bond acceptors (Lipinski definition) is 1. The largest absolute Gasteiger partial charge is 0.416 e. The Morgan fingerprint density at radius 2 is 1.90 bits per heavy atom. The molecule has 0 amide bonds. The maximum Gasteiger partial charge on any atom is 0.416 e. The second kappa shape index (κ2) is 4.52. The summed E-state index contributed by atoms with van der Waals surface area (Å²) in [5, 5.41) is 0.983. The van der Waals surface area contributed by atoms with Gasteiger partial charge in [-0.2, -0.15) is 13.2 Å². The van der Waals surface area contributed by atoms with Crippen LogP contribution in [0, 0.1) is 0 Å². The normalized spacial score (nSPS) is 12.0. The zero-order valence-electron chi connectivity index (χ0n) is 10.0. The minimum absolute atomic E-state index is 0.0428. The standard InChI is InChI=1S/C14H8ClF3N2/c15-11-7-10(14(16,17)18)1-2-12(11)20-6-4-9-3-5-19-8-13(9)20/h1-8H. The highest BCUT2D eigenvalue weighted by Gasteiger charge is 2.31. The molecule has 1 aromatic carbocycles. The van der Waals surface area contributed by atoms with Crippen LogP contribution in [0.3, 0.4) is 0 Å². The Kier molecular flexibility index (Phi) is 2.94. The number of benzene rings is 1. The molecule has 0 unspecified atom stereocenters. The summed E-state index contributed by atoms with van der Waals surface area (Å²) < 4.78 is 39.6. The molecule has 0 atom stereocenters. The smallest absolute Gasteiger partial charge is 0.314 e. The summed E-state index contributed by atoms with van der Waals surface area (Å²) in [5.74, 6) is 0. The highest BCUT2D eigenvalue weighted by molar-refractivity contribution is 6.32. The fraction of sp³-hybridized carbons (Fsp3) is 0.0714. The van der Waals surface area contributed by atoms with E-state index in [0.717, 1.165) is 23.0 Å². The van der Waals surface area contributed by atoms with Crippen LogP contribution in [0.5, 0.6) is 0 Å². The summed E-state index contributed by atoms with van der Waals surface area (Å²) in [6.45, 7) is 0. The second-order valence-electron chi connectivity index (χ2n) is 4.28. The molecule has 0 aliphatic rings. The van der Waals surface area contributed by atoms with Crippen molar-refractivity contribution >= 4 is 22.5 Å². The average Bonchev–Trinajstić information content (AvgIpc) is 2.81. The van der Waals surface area contributed by atoms with Gasteiger partial charge in [0.1, 0.15) is 0 Å². The van der Waals surface area contributed by atoms with Crippen LogP contribution in [0.15, 0.2) is 48.9 Å². The van der Waals surface area contributed by atoms with Gasteiger partial charge in [0.25, 0.3) is 0 Å². The Hall–Kier alpha value is -2.01. The molecule has 0 radical (unpaired) electrons. The first-order chi connectivity index (χ1) is 9.47. The summed E-state index contributed by atoms with van der Waals surface area (Å²) in [5.41, 5.74) is 0.512. The molecule has 3 rings (SSSR count). The lowest BCUT2D eigenvalue weighted by Crippen LogP contribution is -2.05. The Morgan fingerprint density at radius 3 is 2.60 bits per heavy atom. The number of nitrogens with zero attached hydrogens (tertiary/aromatic N) is 2. The number of alkyl halides is 3. The van der Waals surface area contributed by atoms with E-state index in [0.29, 0.717) is 5.69 Å². The van der Waals surface area contributed by atoms with Crippen molar-refractivity contribution in [2.75, 3.05) is 0 Å². The fourth-order valence-corrected chi connectivity index (χ4v) is 2.33. The molecule has 0 bridgehead atoms. The molecule has 0 spiro atoms. The number of fused-ring (bicyclic) bond motifs is 1. The van der Waals surface area contributed by atoms with E-state index in [1.54, 1.807) is 23.2 Å². The molecule has 0 saturated carbocycles. The number of halogens is 4. The maximum absolute atomic E-state index is 12.6. The zero-order valence-corrected chi connectivity index (χ0v) is 10.8. The van der Waals surface area contributed by atoms with E-state index in [2.05, 4.69) is 4.98 Å². The third kappa shape index (κ3) is 2.14. The molecule has 3 aromatic rings. The molecule has 20 heavy (non-hydrogen) atoms. The topological polar surface area (TPSA) is 17.8 Å². The van der Waals surface area contributed by atoms with Gasteiger partial charge in [-0.3, -0.25) is 4.98 Å². The first-order valence-corrected chi connectivity index (χ1v) is 6.13. The Labute approximate surface area is 117 Å². The predicted octanol–water partition coefficient (Wildman–Crippen LogP) is 4.70. The van der Waals surface area contributed by atoms with E-state index in [1.165, 1.54) is 6.07 Å². The minimum Gasteiger partial charge on any atom is -0.314 e. The molecule has 6 heteroatoms. The molecular weight excluding hydrogens is 289 g/mol. The summed E-state index contributed by atoms with van der Waals surface area (Å²) >= 11 is 5.99. The Bertz CT molecular complexity index is 777. The maximum atomic E-state index is 12.6. The van der Waals surface area contributed by atoms with Gasteiger partial charge >= 0.3 is 6.18 Å². The van der Waals surface area contributed by atoms with Crippen LogP contribution in [0.4, 0.5) is 13.2 Å². The molecule has 102 valence electrons. The number of pyridine rings is 1. The summed E-state index contributed by atoms with van der Waals surface area (Å²) in [6.07, 6.45) is 0.646. The molecule has 2 nitrogen and oxygen atoms in total. The predicted molar refractivity (Wildman–Crippen MR) is 71.1 cm³/mol. The van der Waals surface area contributed by atoms with E-state index in [9.17, 15) is 13.2 Å². The molecule has 0 saturated heterocycles. The molecule has 0 aliphatic heterocycles. The van der Waals surface area contributed by atoms with E-state index < -0.39 is 11.7 Å². The van der Waals surface area contributed by atoms with Gasteiger partial charge < -0.3 is 4.57 Å². The third-order valence-electron chi connectivity index (χ3n) is 3.03. The third-order valence-corrected chi connectivity index (χ3v) is 3.33.